The lowest BCUT2D eigenvalue weighted by atomic mass is 10.3. The van der Waals surface area contributed by atoms with Gasteiger partial charge in [-0.3, -0.25) is 0 Å². The Hall–Kier alpha value is -1.13. The molecule has 2 aromatic rings. The minimum Gasteiger partial charge on any atom is -0.328 e. The van der Waals surface area contributed by atoms with Crippen molar-refractivity contribution in [3.8, 4) is 0 Å². The van der Waals surface area contributed by atoms with Crippen LogP contribution in [0.2, 0.25) is 0 Å². The van der Waals surface area contributed by atoms with E-state index >= 15 is 0 Å². The van der Waals surface area contributed by atoms with E-state index in [4.69, 9.17) is 11.6 Å². The maximum atomic E-state index is 13.5. The van der Waals surface area contributed by atoms with Gasteiger partial charge in [-0.15, -0.1) is 11.6 Å². The molecule has 5 heteroatoms. The molecule has 0 N–H and O–H groups in total. The SMILES string of the molecule is CC(C)N(C)CCCn1c(CCCl)nc2ccc(F)cc21. The van der Waals surface area contributed by atoms with Gasteiger partial charge in [0.2, 0.25) is 0 Å². The van der Waals surface area contributed by atoms with Gasteiger partial charge in [0, 0.05) is 24.9 Å². The third-order valence-corrected chi connectivity index (χ3v) is 4.07. The number of hydrogen-bond acceptors (Lipinski definition) is 2. The van der Waals surface area contributed by atoms with E-state index in [1.807, 2.05) is 0 Å². The second-order valence-corrected chi connectivity index (χ2v) is 6.06. The maximum Gasteiger partial charge on any atom is 0.125 e. The van der Waals surface area contributed by atoms with E-state index in [0.717, 1.165) is 36.4 Å². The van der Waals surface area contributed by atoms with E-state index in [2.05, 4.69) is 35.3 Å². The fraction of sp³-hybridized carbons (Fsp3) is 0.562. The topological polar surface area (TPSA) is 21.1 Å². The number of fused-ring (bicyclic) bond motifs is 1. The predicted molar refractivity (Wildman–Crippen MR) is 86.5 cm³/mol. The first kappa shape index (κ1) is 16.2. The molecule has 0 aliphatic carbocycles. The van der Waals surface area contributed by atoms with Crippen LogP contribution in [0.25, 0.3) is 11.0 Å². The summed E-state index contributed by atoms with van der Waals surface area (Å²) >= 11 is 5.86. The van der Waals surface area contributed by atoms with Crippen molar-refractivity contribution in [2.45, 2.75) is 39.3 Å². The van der Waals surface area contributed by atoms with E-state index in [-0.39, 0.29) is 5.82 Å². The molecule has 0 saturated carbocycles. The van der Waals surface area contributed by atoms with Gasteiger partial charge in [-0.05, 0) is 52.1 Å². The Morgan fingerprint density at radius 2 is 2.14 bits per heavy atom. The Labute approximate surface area is 130 Å². The van der Waals surface area contributed by atoms with Crippen LogP contribution >= 0.6 is 11.6 Å². The summed E-state index contributed by atoms with van der Waals surface area (Å²) < 4.78 is 15.6. The standard InChI is InChI=1S/C16H23ClFN3/c1-12(2)20(3)9-4-10-21-15-11-13(18)5-6-14(15)19-16(21)7-8-17/h5-6,11-12H,4,7-10H2,1-3H3. The second-order valence-electron chi connectivity index (χ2n) is 5.68. The predicted octanol–water partition coefficient (Wildman–Crippen LogP) is 3.69. The molecule has 0 atom stereocenters. The lowest BCUT2D eigenvalue weighted by molar-refractivity contribution is 0.265. The molecule has 0 bridgehead atoms. The molecule has 2 rings (SSSR count). The number of aromatic nitrogens is 2. The first-order chi connectivity index (χ1) is 10.0. The Kier molecular flexibility index (Phi) is 5.59. The molecule has 1 aromatic carbocycles. The zero-order chi connectivity index (χ0) is 15.4. The summed E-state index contributed by atoms with van der Waals surface area (Å²) in [5.74, 6) is 1.25. The van der Waals surface area contributed by atoms with Gasteiger partial charge in [0.05, 0.1) is 11.0 Å². The summed E-state index contributed by atoms with van der Waals surface area (Å²) in [5.41, 5.74) is 1.70. The first-order valence-corrected chi connectivity index (χ1v) is 7.97. The molecule has 0 aliphatic heterocycles. The number of alkyl halides is 1. The molecular weight excluding hydrogens is 289 g/mol. The Bertz CT molecular complexity index is 594. The Morgan fingerprint density at radius 1 is 1.38 bits per heavy atom. The highest BCUT2D eigenvalue weighted by Crippen LogP contribution is 2.19. The molecule has 0 fully saturated rings. The average Bonchev–Trinajstić information content (AvgIpc) is 2.76. The first-order valence-electron chi connectivity index (χ1n) is 7.43. The summed E-state index contributed by atoms with van der Waals surface area (Å²) in [7, 11) is 2.12. The van der Waals surface area contributed by atoms with E-state index < -0.39 is 0 Å². The third kappa shape index (κ3) is 3.95. The van der Waals surface area contributed by atoms with Gasteiger partial charge in [0.1, 0.15) is 11.6 Å². The van der Waals surface area contributed by atoms with Gasteiger partial charge >= 0.3 is 0 Å². The van der Waals surface area contributed by atoms with Crippen molar-refractivity contribution in [3.63, 3.8) is 0 Å². The summed E-state index contributed by atoms with van der Waals surface area (Å²) in [6.07, 6.45) is 1.71. The Balaban J connectivity index is 2.19. The molecule has 0 saturated heterocycles. The Morgan fingerprint density at radius 3 is 2.81 bits per heavy atom. The van der Waals surface area contributed by atoms with Gasteiger partial charge < -0.3 is 9.47 Å². The number of hydrogen-bond donors (Lipinski definition) is 0. The zero-order valence-electron chi connectivity index (χ0n) is 12.9. The molecule has 21 heavy (non-hydrogen) atoms. The molecule has 0 unspecified atom stereocenters. The van der Waals surface area contributed by atoms with Crippen LogP contribution in [0.15, 0.2) is 18.2 Å². The third-order valence-electron chi connectivity index (χ3n) is 3.88. The highest BCUT2D eigenvalue weighted by Gasteiger charge is 2.11. The van der Waals surface area contributed by atoms with Crippen molar-refractivity contribution < 1.29 is 4.39 Å². The number of imidazole rings is 1. The van der Waals surface area contributed by atoms with Gasteiger partial charge in [0.15, 0.2) is 0 Å². The maximum absolute atomic E-state index is 13.5. The molecular formula is C16H23ClFN3. The minimum atomic E-state index is -0.222. The van der Waals surface area contributed by atoms with E-state index in [0.29, 0.717) is 18.3 Å². The van der Waals surface area contributed by atoms with Crippen molar-refractivity contribution in [1.82, 2.24) is 14.5 Å². The highest BCUT2D eigenvalue weighted by molar-refractivity contribution is 6.17. The van der Waals surface area contributed by atoms with Crippen LogP contribution in [0.5, 0.6) is 0 Å². The van der Waals surface area contributed by atoms with Crippen molar-refractivity contribution in [2.24, 2.45) is 0 Å². The van der Waals surface area contributed by atoms with E-state index in [9.17, 15) is 4.39 Å². The van der Waals surface area contributed by atoms with E-state index in [1.165, 1.54) is 6.07 Å². The smallest absolute Gasteiger partial charge is 0.125 e. The largest absolute Gasteiger partial charge is 0.328 e. The lowest BCUT2D eigenvalue weighted by Crippen LogP contribution is -2.28. The average molecular weight is 312 g/mol. The van der Waals surface area contributed by atoms with Crippen LogP contribution in [0.4, 0.5) is 4.39 Å². The minimum absolute atomic E-state index is 0.222. The monoisotopic (exact) mass is 311 g/mol. The fourth-order valence-electron chi connectivity index (χ4n) is 2.41. The second kappa shape index (κ2) is 7.23. The van der Waals surface area contributed by atoms with Crippen LogP contribution in [0.3, 0.4) is 0 Å². The zero-order valence-corrected chi connectivity index (χ0v) is 13.7. The van der Waals surface area contributed by atoms with Crippen LogP contribution in [0.1, 0.15) is 26.1 Å². The molecule has 0 aliphatic rings. The molecule has 0 spiro atoms. The quantitative estimate of drug-likeness (QED) is 0.727. The van der Waals surface area contributed by atoms with Crippen LogP contribution in [0, 0.1) is 5.82 Å². The summed E-state index contributed by atoms with van der Waals surface area (Å²) in [6.45, 7) is 6.21. The van der Waals surface area contributed by atoms with Crippen molar-refractivity contribution >= 4 is 22.6 Å². The highest BCUT2D eigenvalue weighted by atomic mass is 35.5. The summed E-state index contributed by atoms with van der Waals surface area (Å²) in [6, 6.07) is 5.28. The normalized spacial score (nSPS) is 12.0. The molecule has 3 nitrogen and oxygen atoms in total. The van der Waals surface area contributed by atoms with Crippen molar-refractivity contribution in [1.29, 1.82) is 0 Å². The number of aryl methyl sites for hydroxylation is 2. The number of benzene rings is 1. The number of rotatable bonds is 7. The number of halogens is 2. The van der Waals surface area contributed by atoms with Crippen molar-refractivity contribution in [3.05, 3.63) is 29.8 Å². The van der Waals surface area contributed by atoms with Crippen molar-refractivity contribution in [2.75, 3.05) is 19.5 Å². The van der Waals surface area contributed by atoms with Crippen LogP contribution in [-0.4, -0.2) is 40.0 Å². The van der Waals surface area contributed by atoms with E-state index in [1.54, 1.807) is 12.1 Å². The number of nitrogens with zero attached hydrogens (tertiary/aromatic N) is 3. The molecule has 0 radical (unpaired) electrons. The summed E-state index contributed by atoms with van der Waals surface area (Å²) in [4.78, 5) is 6.88. The summed E-state index contributed by atoms with van der Waals surface area (Å²) in [5, 5.41) is 0. The molecule has 116 valence electrons. The lowest BCUT2D eigenvalue weighted by Gasteiger charge is -2.21. The molecule has 1 aromatic heterocycles. The molecule has 0 amide bonds. The fourth-order valence-corrected chi connectivity index (χ4v) is 2.58. The van der Waals surface area contributed by atoms with Crippen LogP contribution in [-0.2, 0) is 13.0 Å². The van der Waals surface area contributed by atoms with Gasteiger partial charge in [-0.25, -0.2) is 9.37 Å². The van der Waals surface area contributed by atoms with Crippen LogP contribution < -0.4 is 0 Å². The van der Waals surface area contributed by atoms with Gasteiger partial charge in [0.25, 0.3) is 0 Å². The van der Waals surface area contributed by atoms with Gasteiger partial charge in [-0.1, -0.05) is 0 Å². The van der Waals surface area contributed by atoms with Gasteiger partial charge in [-0.2, -0.15) is 0 Å². The molecule has 1 heterocycles.